The maximum absolute atomic E-state index is 12.0. The van der Waals surface area contributed by atoms with Gasteiger partial charge in [-0.2, -0.15) is 18.0 Å². The molecule has 0 heterocycles. The third-order valence-electron chi connectivity index (χ3n) is 3.15. The summed E-state index contributed by atoms with van der Waals surface area (Å²) in [6.07, 6.45) is -0.672. The summed E-state index contributed by atoms with van der Waals surface area (Å²) in [7, 11) is -3.82. The van der Waals surface area contributed by atoms with E-state index in [1.165, 1.54) is 12.1 Å². The molecule has 0 bridgehead atoms. The zero-order valence-electron chi connectivity index (χ0n) is 17.1. The van der Waals surface area contributed by atoms with E-state index in [0.29, 0.717) is 0 Å². The second kappa shape index (κ2) is 11.8. The molecule has 0 aliphatic carbocycles. The smallest absolute Gasteiger partial charge is 0.412 e. The number of aryl methyl sites for hydroxylation is 1. The summed E-state index contributed by atoms with van der Waals surface area (Å²) < 4.78 is 39.0. The van der Waals surface area contributed by atoms with Crippen molar-refractivity contribution in [3.8, 4) is 0 Å². The maximum atomic E-state index is 12.0. The Morgan fingerprint density at radius 1 is 1.07 bits per heavy atom. The number of carbonyl (C=O) groups is 2. The van der Waals surface area contributed by atoms with Gasteiger partial charge in [-0.05, 0) is 39.8 Å². The minimum atomic E-state index is -3.82. The first-order chi connectivity index (χ1) is 13.5. The van der Waals surface area contributed by atoms with E-state index in [4.69, 9.17) is 18.5 Å². The molecule has 0 atom stereocenters. The van der Waals surface area contributed by atoms with E-state index in [2.05, 4.69) is 5.32 Å². The predicted octanol–water partition coefficient (Wildman–Crippen LogP) is 0.263. The molecule has 0 fully saturated rings. The van der Waals surface area contributed by atoms with Crippen LogP contribution in [-0.4, -0.2) is 59.0 Å². The summed E-state index contributed by atoms with van der Waals surface area (Å²) in [5.41, 5.74) is 1.15. The largest absolute Gasteiger partial charge is 0.546 e. The molecule has 1 rings (SSSR count). The van der Waals surface area contributed by atoms with Crippen LogP contribution in [0.2, 0.25) is 0 Å². The van der Waals surface area contributed by atoms with Crippen LogP contribution in [0.3, 0.4) is 0 Å². The third kappa shape index (κ3) is 11.5. The summed E-state index contributed by atoms with van der Waals surface area (Å²) in [6, 6.07) is 6.32. The highest BCUT2D eigenvalue weighted by Gasteiger charge is 2.20. The number of hydrogen-bond donors (Lipinski definition) is 2. The van der Waals surface area contributed by atoms with Gasteiger partial charge in [0.15, 0.2) is 6.61 Å². The van der Waals surface area contributed by atoms with Crippen molar-refractivity contribution in [3.63, 3.8) is 0 Å². The number of carbonyl (C=O) groups excluding carboxylic acids is 2. The Balaban J connectivity index is 2.08. The van der Waals surface area contributed by atoms with Gasteiger partial charge in [0.05, 0.1) is 24.7 Å². The lowest BCUT2D eigenvalue weighted by molar-refractivity contribution is -0.827. The van der Waals surface area contributed by atoms with Gasteiger partial charge in [-0.15, -0.1) is 5.48 Å². The minimum absolute atomic E-state index is 0.0455. The van der Waals surface area contributed by atoms with Gasteiger partial charge in [-0.1, -0.05) is 17.7 Å². The summed E-state index contributed by atoms with van der Waals surface area (Å²) in [5.74, 6) is -0.438. The fraction of sp³-hybridized carbons (Fsp3) is 0.556. The molecule has 164 valence electrons. The van der Waals surface area contributed by atoms with E-state index in [1.54, 1.807) is 32.9 Å². The summed E-state index contributed by atoms with van der Waals surface area (Å²) in [6.45, 7) is 6.93. The van der Waals surface area contributed by atoms with Gasteiger partial charge >= 0.3 is 6.09 Å². The Labute approximate surface area is 170 Å². The lowest BCUT2D eigenvalue weighted by Crippen LogP contribution is -2.88. The van der Waals surface area contributed by atoms with Crippen LogP contribution in [0.25, 0.3) is 0 Å². The molecule has 0 aliphatic rings. The topological polar surface area (TPSA) is 134 Å². The van der Waals surface area contributed by atoms with Gasteiger partial charge in [-0.3, -0.25) is 8.98 Å². The standard InChI is InChI=1S/C18H28N2O8S/c1-14-5-7-15(8-6-14)29(23,24)27-12-11-25-10-9-19-16(21)13-26-20-17(22)28-18(2,3)4/h5-8H,9-13H2,1-4H3,(H,19,21)(H,20,22)/p+1. The quantitative estimate of drug-likeness (QED) is 0.288. The SMILES string of the molecule is Cc1ccc(S(=O)(=O)OCCOCCNC(=O)CO[NH2+]C(=O)OC(C)(C)C)cc1. The van der Waals surface area contributed by atoms with Gasteiger partial charge < -0.3 is 14.8 Å². The van der Waals surface area contributed by atoms with Gasteiger partial charge in [-0.25, -0.2) is 0 Å². The number of ether oxygens (including phenoxy) is 2. The molecule has 11 heteroatoms. The zero-order valence-corrected chi connectivity index (χ0v) is 17.9. The maximum Gasteiger partial charge on any atom is 0.546 e. The lowest BCUT2D eigenvalue weighted by Gasteiger charge is -2.16. The minimum Gasteiger partial charge on any atom is -0.412 e. The summed E-state index contributed by atoms with van der Waals surface area (Å²) >= 11 is 0. The second-order valence-electron chi connectivity index (χ2n) is 7.01. The van der Waals surface area contributed by atoms with E-state index in [9.17, 15) is 18.0 Å². The van der Waals surface area contributed by atoms with Crippen molar-refractivity contribution < 1.29 is 42.0 Å². The van der Waals surface area contributed by atoms with Gasteiger partial charge in [0.2, 0.25) is 0 Å². The molecule has 0 spiro atoms. The molecular weight excluding hydrogens is 404 g/mol. The fourth-order valence-corrected chi connectivity index (χ4v) is 2.80. The van der Waals surface area contributed by atoms with Crippen molar-refractivity contribution in [2.24, 2.45) is 0 Å². The Hall–Kier alpha value is -2.05. The lowest BCUT2D eigenvalue weighted by atomic mass is 10.2. The van der Waals surface area contributed by atoms with Crippen molar-refractivity contribution in [2.75, 3.05) is 33.0 Å². The van der Waals surface area contributed by atoms with Crippen LogP contribution in [0.15, 0.2) is 29.2 Å². The van der Waals surface area contributed by atoms with E-state index in [-0.39, 0.29) is 37.9 Å². The number of hydroxylamine groups is 1. The number of nitrogens with one attached hydrogen (secondary N) is 1. The van der Waals surface area contributed by atoms with E-state index in [1.807, 2.05) is 6.92 Å². The highest BCUT2D eigenvalue weighted by atomic mass is 32.2. The van der Waals surface area contributed by atoms with Crippen LogP contribution in [-0.2, 0) is 33.4 Å². The molecule has 0 saturated heterocycles. The Morgan fingerprint density at radius 2 is 1.72 bits per heavy atom. The normalized spacial score (nSPS) is 11.9. The van der Waals surface area contributed by atoms with Gasteiger partial charge in [0.25, 0.3) is 16.0 Å². The molecule has 1 aromatic carbocycles. The van der Waals surface area contributed by atoms with Crippen molar-refractivity contribution in [1.82, 2.24) is 5.32 Å². The van der Waals surface area contributed by atoms with E-state index >= 15 is 0 Å². The number of rotatable bonds is 11. The molecule has 0 aromatic heterocycles. The Morgan fingerprint density at radius 3 is 2.34 bits per heavy atom. The molecule has 0 aliphatic heterocycles. The fourth-order valence-electron chi connectivity index (χ4n) is 1.90. The first kappa shape index (κ1) is 25.0. The molecular formula is C18H29N2O8S+. The van der Waals surface area contributed by atoms with Crippen LogP contribution in [0, 0.1) is 6.92 Å². The number of quaternary nitrogens is 1. The molecule has 1 aromatic rings. The third-order valence-corrected chi connectivity index (χ3v) is 4.47. The number of hydrogen-bond acceptors (Lipinski definition) is 8. The number of amides is 2. The average Bonchev–Trinajstić information content (AvgIpc) is 2.59. The molecule has 29 heavy (non-hydrogen) atoms. The number of nitrogens with two attached hydrogens (primary N) is 1. The highest BCUT2D eigenvalue weighted by Crippen LogP contribution is 2.12. The summed E-state index contributed by atoms with van der Waals surface area (Å²) in [4.78, 5) is 27.8. The Bertz CT molecular complexity index is 757. The van der Waals surface area contributed by atoms with Crippen LogP contribution in [0.1, 0.15) is 26.3 Å². The van der Waals surface area contributed by atoms with Gasteiger partial charge in [0, 0.05) is 6.54 Å². The number of benzene rings is 1. The highest BCUT2D eigenvalue weighted by molar-refractivity contribution is 7.86. The van der Waals surface area contributed by atoms with Crippen LogP contribution >= 0.6 is 0 Å². The summed E-state index contributed by atoms with van der Waals surface area (Å²) in [5, 5.41) is 2.52. The second-order valence-corrected chi connectivity index (χ2v) is 8.63. The molecule has 0 radical (unpaired) electrons. The van der Waals surface area contributed by atoms with Crippen molar-refractivity contribution in [1.29, 1.82) is 0 Å². The van der Waals surface area contributed by atoms with Gasteiger partial charge in [0.1, 0.15) is 5.60 Å². The van der Waals surface area contributed by atoms with Crippen molar-refractivity contribution in [2.45, 2.75) is 38.2 Å². The Kier molecular flexibility index (Phi) is 10.2. The zero-order chi connectivity index (χ0) is 21.9. The molecule has 3 N–H and O–H groups in total. The first-order valence-electron chi connectivity index (χ1n) is 8.98. The number of primary amides is 1. The van der Waals surface area contributed by atoms with E-state index < -0.39 is 27.7 Å². The molecule has 2 amide bonds. The van der Waals surface area contributed by atoms with Crippen LogP contribution < -0.4 is 10.8 Å². The average molecular weight is 434 g/mol. The predicted molar refractivity (Wildman–Crippen MR) is 102 cm³/mol. The first-order valence-corrected chi connectivity index (χ1v) is 10.4. The van der Waals surface area contributed by atoms with E-state index in [0.717, 1.165) is 11.0 Å². The monoisotopic (exact) mass is 433 g/mol. The van der Waals surface area contributed by atoms with Crippen molar-refractivity contribution in [3.05, 3.63) is 29.8 Å². The van der Waals surface area contributed by atoms with Crippen LogP contribution in [0.5, 0.6) is 0 Å². The van der Waals surface area contributed by atoms with Crippen molar-refractivity contribution >= 4 is 22.1 Å². The molecule has 0 unspecified atom stereocenters. The molecule has 10 nitrogen and oxygen atoms in total. The van der Waals surface area contributed by atoms with Crippen LogP contribution in [0.4, 0.5) is 4.79 Å². The molecule has 0 saturated carbocycles.